The maximum Gasteiger partial charge on any atom is 0.255 e. The first kappa shape index (κ1) is 32.0. The summed E-state index contributed by atoms with van der Waals surface area (Å²) in [6.07, 6.45) is 5.11. The van der Waals surface area contributed by atoms with Crippen LogP contribution in [0.25, 0.3) is 5.76 Å². The van der Waals surface area contributed by atoms with Crippen LogP contribution in [0.3, 0.4) is 0 Å². The number of nitrogens with one attached hydrogen (secondary N) is 1. The van der Waals surface area contributed by atoms with Crippen molar-refractivity contribution >= 4 is 40.5 Å². The summed E-state index contributed by atoms with van der Waals surface area (Å²) in [6, 6.07) is 0.484. The van der Waals surface area contributed by atoms with E-state index in [4.69, 9.17) is 5.73 Å². The number of primary amides is 1. The number of nitrogens with zero attached hydrogens (tertiary/aromatic N) is 3. The molecule has 1 aliphatic heterocycles. The van der Waals surface area contributed by atoms with Gasteiger partial charge in [0.1, 0.15) is 22.8 Å². The van der Waals surface area contributed by atoms with E-state index in [1.807, 2.05) is 0 Å². The maximum atomic E-state index is 14.2. The number of phenols is 1. The van der Waals surface area contributed by atoms with Gasteiger partial charge in [0.05, 0.1) is 23.2 Å². The van der Waals surface area contributed by atoms with Crippen LogP contribution >= 0.6 is 0 Å². The van der Waals surface area contributed by atoms with E-state index < -0.39 is 63.8 Å². The van der Waals surface area contributed by atoms with E-state index in [1.165, 1.54) is 30.6 Å². The molecule has 6 rings (SSSR count). The third-order valence-corrected chi connectivity index (χ3v) is 10.8. The molecule has 0 aromatic heterocycles. The second-order valence-electron chi connectivity index (χ2n) is 14.1. The van der Waals surface area contributed by atoms with E-state index in [0.29, 0.717) is 30.3 Å². The van der Waals surface area contributed by atoms with Crippen LogP contribution in [0.4, 0.5) is 11.4 Å². The van der Waals surface area contributed by atoms with Gasteiger partial charge in [0.25, 0.3) is 5.91 Å². The fourth-order valence-corrected chi connectivity index (χ4v) is 8.46. The first-order valence-corrected chi connectivity index (χ1v) is 15.9. The number of benzene rings is 1. The van der Waals surface area contributed by atoms with Crippen LogP contribution < -0.4 is 16.0 Å². The quantitative estimate of drug-likeness (QED) is 0.185. The largest absolute Gasteiger partial charge is 0.508 e. The molecule has 46 heavy (non-hydrogen) atoms. The van der Waals surface area contributed by atoms with Gasteiger partial charge < -0.3 is 41.3 Å². The molecule has 0 bridgehead atoms. The Balaban J connectivity index is 1.36. The van der Waals surface area contributed by atoms with Crippen LogP contribution in [0.15, 0.2) is 23.0 Å². The molecule has 13 heteroatoms. The number of aliphatic hydroxyl groups excluding tert-OH is 2. The molecule has 13 nitrogen and oxygen atoms in total. The Labute approximate surface area is 267 Å². The van der Waals surface area contributed by atoms with Crippen LogP contribution in [0, 0.1) is 23.7 Å². The van der Waals surface area contributed by atoms with Crippen molar-refractivity contribution in [2.75, 3.05) is 58.0 Å². The standard InChI is InChI=1S/C33H43N5O8/c1-36(2)21-11-20(35-32(45)17-13-38(14-17)12-15-7-5-6-8-15)26(39)23-18(21)9-16-10-19-25(37(3)4)28(41)24(31(34)44)30(43)33(19,46)29(42)22(16)27(23)40/h11,15-17,19,25,39-40,43,46H,5-10,12-14H2,1-4H3,(H2,34,44)(H,35,45)/t16-,19-,25-,33-/m0/s1. The van der Waals surface area contributed by atoms with E-state index in [1.54, 1.807) is 39.2 Å². The molecule has 4 aliphatic carbocycles. The summed E-state index contributed by atoms with van der Waals surface area (Å²) in [7, 11) is 6.68. The molecule has 4 atom stereocenters. The van der Waals surface area contributed by atoms with Crippen molar-refractivity contribution in [1.29, 1.82) is 0 Å². The number of anilines is 2. The molecule has 1 aromatic carbocycles. The highest BCUT2D eigenvalue weighted by molar-refractivity contribution is 6.24. The molecular formula is C33H43N5O8. The lowest BCUT2D eigenvalue weighted by Gasteiger charge is -2.50. The highest BCUT2D eigenvalue weighted by atomic mass is 16.3. The monoisotopic (exact) mass is 637 g/mol. The van der Waals surface area contributed by atoms with Gasteiger partial charge in [-0.2, -0.15) is 0 Å². The number of fused-ring (bicyclic) bond motifs is 3. The molecule has 2 amide bonds. The summed E-state index contributed by atoms with van der Waals surface area (Å²) >= 11 is 0. The van der Waals surface area contributed by atoms with E-state index in [2.05, 4.69) is 10.2 Å². The zero-order chi connectivity index (χ0) is 33.4. The molecule has 248 valence electrons. The number of likely N-dealkylation sites (N-methyl/N-ethyl adjacent to an activating group) is 1. The second kappa shape index (κ2) is 11.4. The van der Waals surface area contributed by atoms with E-state index >= 15 is 0 Å². The number of hydrogen-bond acceptors (Lipinski definition) is 11. The Bertz CT molecular complexity index is 1590. The zero-order valence-corrected chi connectivity index (χ0v) is 26.7. The summed E-state index contributed by atoms with van der Waals surface area (Å²) in [6.45, 7) is 2.23. The van der Waals surface area contributed by atoms with E-state index in [9.17, 15) is 39.6 Å². The molecule has 0 spiro atoms. The fraction of sp³-hybridized carbons (Fsp3) is 0.576. The van der Waals surface area contributed by atoms with Gasteiger partial charge >= 0.3 is 0 Å². The van der Waals surface area contributed by atoms with Gasteiger partial charge in [-0.15, -0.1) is 0 Å². The van der Waals surface area contributed by atoms with Crippen LogP contribution in [-0.2, 0) is 25.6 Å². The highest BCUT2D eigenvalue weighted by Crippen LogP contribution is 2.54. The third-order valence-electron chi connectivity index (χ3n) is 10.8. The van der Waals surface area contributed by atoms with Crippen LogP contribution in [0.5, 0.6) is 5.75 Å². The van der Waals surface area contributed by atoms with Crippen LogP contribution in [0.1, 0.15) is 43.2 Å². The topological polar surface area (TPSA) is 197 Å². The smallest absolute Gasteiger partial charge is 0.255 e. The number of aromatic hydroxyl groups is 1. The van der Waals surface area contributed by atoms with Crippen molar-refractivity contribution in [3.05, 3.63) is 34.1 Å². The number of carbonyl (C=O) groups is 4. The minimum absolute atomic E-state index is 0.00306. The lowest BCUT2D eigenvalue weighted by atomic mass is 9.57. The summed E-state index contributed by atoms with van der Waals surface area (Å²) in [5.41, 5.74) is 2.72. The summed E-state index contributed by atoms with van der Waals surface area (Å²) in [5.74, 6) is -7.01. The Morgan fingerprint density at radius 2 is 1.74 bits per heavy atom. The van der Waals surface area contributed by atoms with Gasteiger partial charge in [0.2, 0.25) is 11.7 Å². The number of carbonyl (C=O) groups excluding carboxylic acids is 4. The number of nitrogens with two attached hydrogens (primary N) is 1. The number of Topliss-reactive ketones (excluding diaryl/α,β-unsaturated/α-hetero) is 2. The molecule has 1 heterocycles. The number of hydrogen-bond donors (Lipinski definition) is 6. The summed E-state index contributed by atoms with van der Waals surface area (Å²) < 4.78 is 0. The minimum Gasteiger partial charge on any atom is -0.508 e. The molecule has 1 aromatic rings. The molecular weight excluding hydrogens is 594 g/mol. The van der Waals surface area contributed by atoms with Crippen molar-refractivity contribution in [3.63, 3.8) is 0 Å². The van der Waals surface area contributed by atoms with Gasteiger partial charge in [-0.25, -0.2) is 0 Å². The maximum absolute atomic E-state index is 14.2. The third kappa shape index (κ3) is 4.78. The molecule has 0 unspecified atom stereocenters. The minimum atomic E-state index is -2.72. The Kier molecular flexibility index (Phi) is 7.93. The number of aliphatic hydroxyl groups is 3. The number of amides is 2. The molecule has 3 fully saturated rings. The van der Waals surface area contributed by atoms with Crippen molar-refractivity contribution in [2.24, 2.45) is 29.4 Å². The van der Waals surface area contributed by atoms with Crippen LogP contribution in [0.2, 0.25) is 0 Å². The first-order valence-electron chi connectivity index (χ1n) is 15.9. The van der Waals surface area contributed by atoms with E-state index in [-0.39, 0.29) is 41.5 Å². The Hall–Kier alpha value is -3.94. The molecule has 7 N–H and O–H groups in total. The normalized spacial score (nSPS) is 28.6. The number of phenolic OH excluding ortho intramolecular Hbond substituents is 1. The number of ketones is 2. The van der Waals surface area contributed by atoms with Gasteiger partial charge in [-0.3, -0.25) is 24.1 Å². The SMILES string of the molecule is CN(C)c1cc(NC(=O)C2CN(CC3CCCC3)C2)c(O)c2c1C[C@H]1C[C@H]3[C@H](N(C)C)C(=O)C(C(N)=O)=C(O)[C@@]3(O)C(=O)C1=C2O. The summed E-state index contributed by atoms with van der Waals surface area (Å²) in [5, 5.41) is 48.9. The average molecular weight is 638 g/mol. The van der Waals surface area contributed by atoms with Crippen molar-refractivity contribution < 1.29 is 39.6 Å². The molecule has 2 saturated carbocycles. The van der Waals surface area contributed by atoms with Gasteiger partial charge in [-0.05, 0) is 63.2 Å². The lowest BCUT2D eigenvalue weighted by molar-refractivity contribution is -0.153. The zero-order valence-electron chi connectivity index (χ0n) is 26.7. The molecule has 1 saturated heterocycles. The Morgan fingerprint density at radius 3 is 2.33 bits per heavy atom. The fourth-order valence-electron chi connectivity index (χ4n) is 8.46. The van der Waals surface area contributed by atoms with Crippen molar-refractivity contribution in [2.45, 2.75) is 50.2 Å². The second-order valence-corrected chi connectivity index (χ2v) is 14.1. The van der Waals surface area contributed by atoms with E-state index in [0.717, 1.165) is 6.54 Å². The van der Waals surface area contributed by atoms with Gasteiger partial charge in [-0.1, -0.05) is 12.8 Å². The Morgan fingerprint density at radius 1 is 1.09 bits per heavy atom. The van der Waals surface area contributed by atoms with Crippen molar-refractivity contribution in [1.82, 2.24) is 9.80 Å². The highest BCUT2D eigenvalue weighted by Gasteiger charge is 2.64. The molecule has 5 aliphatic rings. The first-order chi connectivity index (χ1) is 21.7. The van der Waals surface area contributed by atoms with Gasteiger partial charge in [0, 0.05) is 50.9 Å². The predicted octanol–water partition coefficient (Wildman–Crippen LogP) is 1.09. The number of rotatable bonds is 7. The summed E-state index contributed by atoms with van der Waals surface area (Å²) in [4.78, 5) is 58.5. The molecule has 0 radical (unpaired) electrons. The lowest BCUT2D eigenvalue weighted by Crippen LogP contribution is -2.65. The average Bonchev–Trinajstić information content (AvgIpc) is 3.46. The van der Waals surface area contributed by atoms with Crippen LogP contribution in [-0.4, -0.2) is 113 Å². The number of likely N-dealkylation sites (tertiary alicyclic amines) is 1. The van der Waals surface area contributed by atoms with Crippen molar-refractivity contribution in [3.8, 4) is 5.75 Å². The predicted molar refractivity (Wildman–Crippen MR) is 169 cm³/mol. The van der Waals surface area contributed by atoms with Gasteiger partial charge in [0.15, 0.2) is 11.4 Å².